The van der Waals surface area contributed by atoms with Gasteiger partial charge < -0.3 is 9.52 Å². The monoisotopic (exact) mass is 560 g/mol. The molecule has 0 aliphatic heterocycles. The van der Waals surface area contributed by atoms with E-state index in [0.29, 0.717) is 17.0 Å². The molecule has 43 heavy (non-hydrogen) atoms. The van der Waals surface area contributed by atoms with Gasteiger partial charge in [-0.05, 0) is 88.2 Å². The van der Waals surface area contributed by atoms with E-state index in [1.807, 2.05) is 36.5 Å². The van der Waals surface area contributed by atoms with Gasteiger partial charge >= 0.3 is 0 Å². The van der Waals surface area contributed by atoms with E-state index in [9.17, 15) is 5.11 Å². The standard InChI is InChI=1S/C39H32N2O2/c1-24-19-28(31-11-7-13-35-37(31)41-38(43-35)32-10-5-6-12-34(32)42)22-29(20-24)33-23-27(21-26-9-8-18-40-36(26)33)25-14-16-30(17-15-25)39(2,3)4/h5-23,42H,1-4H3. The summed E-state index contributed by atoms with van der Waals surface area (Å²) in [5.41, 5.74) is 12.0. The van der Waals surface area contributed by atoms with E-state index in [1.54, 1.807) is 12.1 Å². The first-order valence-corrected chi connectivity index (χ1v) is 14.5. The maximum absolute atomic E-state index is 10.4. The fourth-order valence-electron chi connectivity index (χ4n) is 5.79. The minimum atomic E-state index is 0.101. The van der Waals surface area contributed by atoms with Crippen molar-refractivity contribution in [2.24, 2.45) is 0 Å². The molecule has 4 heteroatoms. The normalized spacial score (nSPS) is 11.8. The number of rotatable bonds is 4. The quantitative estimate of drug-likeness (QED) is 0.233. The van der Waals surface area contributed by atoms with Crippen molar-refractivity contribution in [1.29, 1.82) is 0 Å². The van der Waals surface area contributed by atoms with Crippen LogP contribution in [0.3, 0.4) is 0 Å². The molecule has 0 aliphatic rings. The molecule has 0 amide bonds. The summed E-state index contributed by atoms with van der Waals surface area (Å²) in [6, 6.07) is 37.2. The van der Waals surface area contributed by atoms with Crippen molar-refractivity contribution in [2.75, 3.05) is 0 Å². The van der Waals surface area contributed by atoms with Crippen LogP contribution in [0.15, 0.2) is 120 Å². The van der Waals surface area contributed by atoms with Crippen LogP contribution >= 0.6 is 0 Å². The van der Waals surface area contributed by atoms with Crippen LogP contribution in [-0.4, -0.2) is 15.1 Å². The molecule has 0 saturated carbocycles. The topological polar surface area (TPSA) is 59.2 Å². The van der Waals surface area contributed by atoms with Crippen molar-refractivity contribution in [2.45, 2.75) is 33.1 Å². The maximum atomic E-state index is 10.4. The van der Waals surface area contributed by atoms with Gasteiger partial charge in [-0.15, -0.1) is 0 Å². The highest BCUT2D eigenvalue weighted by molar-refractivity contribution is 5.99. The zero-order valence-electron chi connectivity index (χ0n) is 24.7. The first-order valence-electron chi connectivity index (χ1n) is 14.5. The van der Waals surface area contributed by atoms with Crippen LogP contribution < -0.4 is 0 Å². The summed E-state index contributed by atoms with van der Waals surface area (Å²) >= 11 is 0. The number of aromatic nitrogens is 2. The van der Waals surface area contributed by atoms with Crippen LogP contribution in [0.1, 0.15) is 31.9 Å². The summed E-state index contributed by atoms with van der Waals surface area (Å²) in [4.78, 5) is 9.66. The molecule has 0 atom stereocenters. The third-order valence-electron chi connectivity index (χ3n) is 8.04. The highest BCUT2D eigenvalue weighted by Gasteiger charge is 2.18. The molecule has 0 saturated heterocycles. The zero-order valence-corrected chi connectivity index (χ0v) is 24.7. The number of nitrogens with zero attached hydrogens (tertiary/aromatic N) is 2. The van der Waals surface area contributed by atoms with E-state index >= 15 is 0 Å². The highest BCUT2D eigenvalue weighted by atomic mass is 16.3. The Labute approximate surface area is 251 Å². The van der Waals surface area contributed by atoms with Gasteiger partial charge in [-0.3, -0.25) is 4.98 Å². The van der Waals surface area contributed by atoms with E-state index < -0.39 is 0 Å². The van der Waals surface area contributed by atoms with Crippen LogP contribution in [0.4, 0.5) is 0 Å². The number of phenolic OH excluding ortho intramolecular Hbond substituents is 1. The molecular formula is C39H32N2O2. The SMILES string of the molecule is Cc1cc(-c2cc(-c3ccc(C(C)(C)C)cc3)cc3cccnc23)cc(-c2cccc3oc(-c4ccccc4O)nc23)c1. The Morgan fingerprint density at radius 3 is 2.14 bits per heavy atom. The van der Waals surface area contributed by atoms with Gasteiger partial charge in [0.15, 0.2) is 5.58 Å². The fraction of sp³-hybridized carbons (Fsp3) is 0.128. The maximum Gasteiger partial charge on any atom is 0.231 e. The van der Waals surface area contributed by atoms with Crippen molar-refractivity contribution in [1.82, 2.24) is 9.97 Å². The largest absolute Gasteiger partial charge is 0.507 e. The number of aromatic hydroxyl groups is 1. The predicted octanol–water partition coefficient (Wildman–Crippen LogP) is 10.4. The van der Waals surface area contributed by atoms with Crippen molar-refractivity contribution >= 4 is 22.0 Å². The van der Waals surface area contributed by atoms with Crippen LogP contribution in [0, 0.1) is 6.92 Å². The van der Waals surface area contributed by atoms with Crippen LogP contribution in [0.2, 0.25) is 0 Å². The summed E-state index contributed by atoms with van der Waals surface area (Å²) in [5.74, 6) is 0.537. The first-order chi connectivity index (χ1) is 20.7. The number of aryl methyl sites for hydroxylation is 1. The third-order valence-corrected chi connectivity index (χ3v) is 8.04. The second kappa shape index (κ2) is 10.2. The Kier molecular flexibility index (Phi) is 6.36. The molecule has 1 N–H and O–H groups in total. The van der Waals surface area contributed by atoms with Crippen molar-refractivity contribution in [3.05, 3.63) is 127 Å². The van der Waals surface area contributed by atoms with Gasteiger partial charge in [-0.2, -0.15) is 0 Å². The third kappa shape index (κ3) is 4.95. The molecule has 210 valence electrons. The number of benzene rings is 5. The van der Waals surface area contributed by atoms with Crippen molar-refractivity contribution < 1.29 is 9.52 Å². The first kappa shape index (κ1) is 26.7. The zero-order chi connectivity index (χ0) is 29.7. The Morgan fingerprint density at radius 2 is 1.37 bits per heavy atom. The van der Waals surface area contributed by atoms with Gasteiger partial charge in [-0.25, -0.2) is 4.98 Å². The lowest BCUT2D eigenvalue weighted by atomic mass is 9.86. The van der Waals surface area contributed by atoms with Gasteiger partial charge in [0.25, 0.3) is 0 Å². The number of hydrogen-bond donors (Lipinski definition) is 1. The number of phenols is 1. The Hall–Kier alpha value is -5.22. The minimum Gasteiger partial charge on any atom is -0.507 e. The Morgan fingerprint density at radius 1 is 0.628 bits per heavy atom. The van der Waals surface area contributed by atoms with E-state index in [-0.39, 0.29) is 11.2 Å². The van der Waals surface area contributed by atoms with Gasteiger partial charge in [0.1, 0.15) is 11.3 Å². The van der Waals surface area contributed by atoms with Gasteiger partial charge in [-0.1, -0.05) is 87.5 Å². The molecule has 0 radical (unpaired) electrons. The van der Waals surface area contributed by atoms with E-state index in [1.165, 1.54) is 11.1 Å². The van der Waals surface area contributed by atoms with Gasteiger partial charge in [0.2, 0.25) is 5.89 Å². The minimum absolute atomic E-state index is 0.101. The highest BCUT2D eigenvalue weighted by Crippen LogP contribution is 2.39. The lowest BCUT2D eigenvalue weighted by molar-refractivity contribution is 0.474. The molecule has 2 aromatic heterocycles. The molecule has 0 bridgehead atoms. The lowest BCUT2D eigenvalue weighted by Gasteiger charge is -2.19. The molecule has 0 unspecified atom stereocenters. The molecular weight excluding hydrogens is 528 g/mol. The summed E-state index contributed by atoms with van der Waals surface area (Å²) in [6.07, 6.45) is 1.86. The molecule has 0 fully saturated rings. The summed E-state index contributed by atoms with van der Waals surface area (Å²) in [5, 5.41) is 11.5. The van der Waals surface area contributed by atoms with Crippen molar-refractivity contribution in [3.63, 3.8) is 0 Å². The number of hydrogen-bond acceptors (Lipinski definition) is 4. The van der Waals surface area contributed by atoms with Crippen molar-refractivity contribution in [3.8, 4) is 50.6 Å². The average Bonchev–Trinajstić information content (AvgIpc) is 3.44. The van der Waals surface area contributed by atoms with E-state index in [2.05, 4.69) is 94.4 Å². The number of fused-ring (bicyclic) bond motifs is 2. The van der Waals surface area contributed by atoms with Gasteiger partial charge in [0, 0.05) is 22.7 Å². The second-order valence-electron chi connectivity index (χ2n) is 12.2. The molecule has 4 nitrogen and oxygen atoms in total. The predicted molar refractivity (Wildman–Crippen MR) is 176 cm³/mol. The summed E-state index contributed by atoms with van der Waals surface area (Å²) in [6.45, 7) is 8.84. The molecule has 5 aromatic carbocycles. The van der Waals surface area contributed by atoms with Crippen LogP contribution in [0.25, 0.3) is 66.8 Å². The number of oxazole rings is 1. The molecule has 0 spiro atoms. The van der Waals surface area contributed by atoms with E-state index in [4.69, 9.17) is 14.4 Å². The molecule has 2 heterocycles. The Balaban J connectivity index is 1.38. The lowest BCUT2D eigenvalue weighted by Crippen LogP contribution is -2.10. The number of para-hydroxylation sites is 2. The number of pyridine rings is 1. The van der Waals surface area contributed by atoms with Crippen LogP contribution in [-0.2, 0) is 5.41 Å². The van der Waals surface area contributed by atoms with Crippen LogP contribution in [0.5, 0.6) is 5.75 Å². The average molecular weight is 561 g/mol. The Bertz CT molecular complexity index is 2130. The molecule has 7 rings (SSSR count). The van der Waals surface area contributed by atoms with E-state index in [0.717, 1.165) is 49.8 Å². The summed E-state index contributed by atoms with van der Waals surface area (Å²) < 4.78 is 6.11. The van der Waals surface area contributed by atoms with Gasteiger partial charge in [0.05, 0.1) is 11.1 Å². The molecule has 7 aromatic rings. The smallest absolute Gasteiger partial charge is 0.231 e. The second-order valence-corrected chi connectivity index (χ2v) is 12.2. The summed E-state index contributed by atoms with van der Waals surface area (Å²) in [7, 11) is 0. The molecule has 0 aliphatic carbocycles. The fourth-order valence-corrected chi connectivity index (χ4v) is 5.79.